The lowest BCUT2D eigenvalue weighted by Crippen LogP contribution is -2.33. The van der Waals surface area contributed by atoms with Crippen LogP contribution in [0.4, 0.5) is 11.4 Å². The van der Waals surface area contributed by atoms with E-state index in [1.807, 2.05) is 12.1 Å². The van der Waals surface area contributed by atoms with Gasteiger partial charge in [-0.1, -0.05) is 6.07 Å². The average molecular weight is 249 g/mol. The van der Waals surface area contributed by atoms with Crippen molar-refractivity contribution in [2.45, 2.75) is 19.2 Å². The van der Waals surface area contributed by atoms with E-state index in [1.165, 1.54) is 12.8 Å². The summed E-state index contributed by atoms with van der Waals surface area (Å²) in [6.45, 7) is 2.92. The number of piperidine rings is 1. The third kappa shape index (κ3) is 2.37. The fraction of sp³-hybridized carbons (Fsp3) is 0.538. The van der Waals surface area contributed by atoms with Gasteiger partial charge in [-0.3, -0.25) is 0 Å². The molecule has 3 rings (SSSR count). The fourth-order valence-corrected chi connectivity index (χ4v) is 2.48. The largest absolute Gasteiger partial charge is 0.506 e. The molecule has 0 radical (unpaired) electrons. The highest BCUT2D eigenvalue weighted by Gasteiger charge is 2.23. The predicted octanol–water partition coefficient (Wildman–Crippen LogP) is 1.53. The van der Waals surface area contributed by atoms with Crippen LogP contribution in [0.2, 0.25) is 0 Å². The highest BCUT2D eigenvalue weighted by Crippen LogP contribution is 2.36. The first kappa shape index (κ1) is 11.6. The maximum absolute atomic E-state index is 9.70. The minimum absolute atomic E-state index is 0.233. The number of phenols is 1. The second kappa shape index (κ2) is 5.04. The molecule has 0 spiro atoms. The lowest BCUT2D eigenvalue weighted by molar-refractivity contribution is 0.0552. The maximum Gasteiger partial charge on any atom is 0.205 e. The Labute approximate surface area is 107 Å². The Morgan fingerprint density at radius 1 is 1.22 bits per heavy atom. The molecule has 2 aliphatic heterocycles. The third-order valence-corrected chi connectivity index (χ3v) is 3.56. The second-order valence-electron chi connectivity index (χ2n) is 4.90. The van der Waals surface area contributed by atoms with Gasteiger partial charge in [-0.05, 0) is 44.0 Å². The number of fused-ring (bicyclic) bond motifs is 1. The van der Waals surface area contributed by atoms with Crippen LogP contribution in [0.5, 0.6) is 5.75 Å². The minimum Gasteiger partial charge on any atom is -0.506 e. The van der Waals surface area contributed by atoms with E-state index in [-0.39, 0.29) is 12.1 Å². The van der Waals surface area contributed by atoms with Crippen molar-refractivity contribution in [1.82, 2.24) is 5.32 Å². The number of benzene rings is 1. The smallest absolute Gasteiger partial charge is 0.205 e. The highest BCUT2D eigenvalue weighted by atomic mass is 16.5. The van der Waals surface area contributed by atoms with E-state index in [0.717, 1.165) is 31.1 Å². The summed E-state index contributed by atoms with van der Waals surface area (Å²) in [6.07, 6.45) is 2.11. The van der Waals surface area contributed by atoms with E-state index < -0.39 is 0 Å². The molecule has 0 bridgehead atoms. The molecule has 0 aliphatic carbocycles. The fourth-order valence-electron chi connectivity index (χ4n) is 2.48. The first-order chi connectivity index (χ1) is 8.83. The molecule has 0 saturated carbocycles. The molecule has 5 heteroatoms. The molecule has 5 nitrogen and oxygen atoms in total. The van der Waals surface area contributed by atoms with Gasteiger partial charge < -0.3 is 25.8 Å². The molecule has 1 fully saturated rings. The number of anilines is 2. The molecule has 18 heavy (non-hydrogen) atoms. The van der Waals surface area contributed by atoms with Crippen LogP contribution >= 0.6 is 0 Å². The molecule has 0 amide bonds. The Bertz CT molecular complexity index is 419. The standard InChI is InChI=1S/C13H19N3O2/c17-11-3-1-2-10-12(11)16-13(15-10)18-8-9-4-6-14-7-5-9/h1-3,9,13-17H,4-8H2. The van der Waals surface area contributed by atoms with Crippen molar-refractivity contribution in [3.8, 4) is 5.75 Å². The zero-order valence-corrected chi connectivity index (χ0v) is 10.3. The Balaban J connectivity index is 1.53. The van der Waals surface area contributed by atoms with Gasteiger partial charge in [0.05, 0.1) is 12.3 Å². The lowest BCUT2D eigenvalue weighted by Gasteiger charge is -2.24. The number of rotatable bonds is 3. The Hall–Kier alpha value is -1.46. The lowest BCUT2D eigenvalue weighted by atomic mass is 9.99. The minimum atomic E-state index is -0.233. The van der Waals surface area contributed by atoms with Crippen LogP contribution in [0.1, 0.15) is 12.8 Å². The summed E-state index contributed by atoms with van der Waals surface area (Å²) < 4.78 is 5.82. The van der Waals surface area contributed by atoms with Crippen LogP contribution in [0.3, 0.4) is 0 Å². The van der Waals surface area contributed by atoms with Gasteiger partial charge in [0.2, 0.25) is 6.35 Å². The van der Waals surface area contributed by atoms with Crippen LogP contribution < -0.4 is 16.0 Å². The van der Waals surface area contributed by atoms with Crippen molar-refractivity contribution in [2.75, 3.05) is 30.3 Å². The van der Waals surface area contributed by atoms with Gasteiger partial charge in [-0.15, -0.1) is 0 Å². The molecule has 1 unspecified atom stereocenters. The first-order valence-corrected chi connectivity index (χ1v) is 6.50. The van der Waals surface area contributed by atoms with Crippen LogP contribution in [0, 0.1) is 5.92 Å². The molecule has 0 aromatic heterocycles. The number of ether oxygens (including phenoxy) is 1. The van der Waals surface area contributed by atoms with Crippen LogP contribution in [0.15, 0.2) is 18.2 Å². The molecule has 1 saturated heterocycles. The molecule has 1 atom stereocenters. The van der Waals surface area contributed by atoms with Gasteiger partial charge >= 0.3 is 0 Å². The van der Waals surface area contributed by atoms with E-state index in [1.54, 1.807) is 6.07 Å². The number of hydrogen-bond donors (Lipinski definition) is 4. The van der Waals surface area contributed by atoms with Gasteiger partial charge in [0.15, 0.2) is 0 Å². The zero-order chi connectivity index (χ0) is 12.4. The second-order valence-corrected chi connectivity index (χ2v) is 4.90. The molecule has 2 heterocycles. The Morgan fingerprint density at radius 3 is 2.83 bits per heavy atom. The summed E-state index contributed by atoms with van der Waals surface area (Å²) in [4.78, 5) is 0. The molecular weight excluding hydrogens is 230 g/mol. The van der Waals surface area contributed by atoms with Gasteiger partial charge in [0.1, 0.15) is 11.4 Å². The van der Waals surface area contributed by atoms with Crippen LogP contribution in [-0.4, -0.2) is 31.2 Å². The van der Waals surface area contributed by atoms with Gasteiger partial charge in [-0.2, -0.15) is 0 Å². The van der Waals surface area contributed by atoms with E-state index in [2.05, 4.69) is 16.0 Å². The van der Waals surface area contributed by atoms with Crippen molar-refractivity contribution in [2.24, 2.45) is 5.92 Å². The summed E-state index contributed by atoms with van der Waals surface area (Å²) in [5, 5.41) is 19.4. The molecule has 98 valence electrons. The number of aromatic hydroxyl groups is 1. The average Bonchev–Trinajstić information content (AvgIpc) is 2.82. The number of para-hydroxylation sites is 1. The normalized spacial score (nSPS) is 23.2. The summed E-state index contributed by atoms with van der Waals surface area (Å²) in [5.41, 5.74) is 1.62. The van der Waals surface area contributed by atoms with Crippen molar-refractivity contribution in [3.05, 3.63) is 18.2 Å². The first-order valence-electron chi connectivity index (χ1n) is 6.50. The summed E-state index contributed by atoms with van der Waals surface area (Å²) >= 11 is 0. The molecular formula is C13H19N3O2. The molecule has 4 N–H and O–H groups in total. The summed E-state index contributed by atoms with van der Waals surface area (Å²) in [7, 11) is 0. The van der Waals surface area contributed by atoms with Crippen molar-refractivity contribution < 1.29 is 9.84 Å². The number of phenolic OH excluding ortho intramolecular Hbond substituents is 1. The molecule has 1 aromatic carbocycles. The quantitative estimate of drug-likeness (QED) is 0.612. The van der Waals surface area contributed by atoms with Gasteiger partial charge in [0.25, 0.3) is 0 Å². The van der Waals surface area contributed by atoms with E-state index in [0.29, 0.717) is 5.92 Å². The number of hydrogen-bond acceptors (Lipinski definition) is 5. The van der Waals surface area contributed by atoms with Gasteiger partial charge in [-0.25, -0.2) is 0 Å². The molecule has 1 aromatic rings. The predicted molar refractivity (Wildman–Crippen MR) is 70.7 cm³/mol. The maximum atomic E-state index is 9.70. The summed E-state index contributed by atoms with van der Waals surface area (Å²) in [6, 6.07) is 5.41. The third-order valence-electron chi connectivity index (χ3n) is 3.56. The van der Waals surface area contributed by atoms with E-state index in [9.17, 15) is 5.11 Å². The van der Waals surface area contributed by atoms with Crippen LogP contribution in [-0.2, 0) is 4.74 Å². The van der Waals surface area contributed by atoms with E-state index in [4.69, 9.17) is 4.74 Å². The Kier molecular flexibility index (Phi) is 3.25. The Morgan fingerprint density at radius 2 is 2.06 bits per heavy atom. The topological polar surface area (TPSA) is 65.5 Å². The van der Waals surface area contributed by atoms with Crippen molar-refractivity contribution >= 4 is 11.4 Å². The van der Waals surface area contributed by atoms with E-state index >= 15 is 0 Å². The number of nitrogens with one attached hydrogen (secondary N) is 3. The summed E-state index contributed by atoms with van der Waals surface area (Å²) in [5.74, 6) is 0.889. The SMILES string of the molecule is Oc1cccc2c1NC(OCC1CCNCC1)N2. The molecule has 2 aliphatic rings. The highest BCUT2D eigenvalue weighted by molar-refractivity contribution is 5.79. The monoisotopic (exact) mass is 249 g/mol. The van der Waals surface area contributed by atoms with Gasteiger partial charge in [0, 0.05) is 0 Å². The van der Waals surface area contributed by atoms with Crippen LogP contribution in [0.25, 0.3) is 0 Å². The van der Waals surface area contributed by atoms with Crippen molar-refractivity contribution in [3.63, 3.8) is 0 Å². The zero-order valence-electron chi connectivity index (χ0n) is 10.3. The van der Waals surface area contributed by atoms with Crippen molar-refractivity contribution in [1.29, 1.82) is 0 Å².